The number of hydrogen-bond acceptors (Lipinski definition) is 4. The van der Waals surface area contributed by atoms with Crippen molar-refractivity contribution >= 4 is 21.4 Å². The molecule has 0 bridgehead atoms. The molecule has 0 aliphatic rings. The van der Waals surface area contributed by atoms with E-state index in [1.54, 1.807) is 18.2 Å². The van der Waals surface area contributed by atoms with Crippen LogP contribution in [0.4, 0.5) is 14.5 Å². The molecular formula is C18H19F2NO4S. The van der Waals surface area contributed by atoms with Crippen LogP contribution < -0.4 is 10.1 Å². The quantitative estimate of drug-likeness (QED) is 0.789. The summed E-state index contributed by atoms with van der Waals surface area (Å²) in [6.07, 6.45) is 0. The van der Waals surface area contributed by atoms with Crippen molar-refractivity contribution in [1.29, 1.82) is 0 Å². The maximum Gasteiger partial charge on any atom is 0.341 e. The molecule has 2 aromatic rings. The van der Waals surface area contributed by atoms with Crippen LogP contribution in [0.5, 0.6) is 5.75 Å². The van der Waals surface area contributed by atoms with Crippen molar-refractivity contribution in [1.82, 2.24) is 0 Å². The fraction of sp³-hybridized carbons (Fsp3) is 0.278. The minimum absolute atomic E-state index is 0.211. The standard InChI is InChI=1S/C18H19F2NO4S/c1-12(2)13-6-5-7-14(10-13)25-11-17(22)21-15-8-3-4-9-16(15)26(23,24)18(19)20/h3-10,12,18H,11H2,1-2H3,(H,21,22). The van der Waals surface area contributed by atoms with E-state index < -0.39 is 26.4 Å². The van der Waals surface area contributed by atoms with Crippen molar-refractivity contribution in [3.63, 3.8) is 0 Å². The van der Waals surface area contributed by atoms with E-state index in [0.29, 0.717) is 11.7 Å². The summed E-state index contributed by atoms with van der Waals surface area (Å²) in [5.41, 5.74) is 0.827. The highest BCUT2D eigenvalue weighted by Gasteiger charge is 2.29. The summed E-state index contributed by atoms with van der Waals surface area (Å²) in [6.45, 7) is 3.66. The third-order valence-corrected chi connectivity index (χ3v) is 5.04. The summed E-state index contributed by atoms with van der Waals surface area (Å²) in [7, 11) is -4.82. The normalized spacial score (nSPS) is 11.6. The topological polar surface area (TPSA) is 72.5 Å². The number of alkyl halides is 2. The minimum Gasteiger partial charge on any atom is -0.484 e. The number of anilines is 1. The van der Waals surface area contributed by atoms with Crippen LogP contribution in [0.2, 0.25) is 0 Å². The van der Waals surface area contributed by atoms with E-state index in [4.69, 9.17) is 4.74 Å². The Morgan fingerprint density at radius 1 is 1.12 bits per heavy atom. The summed E-state index contributed by atoms with van der Waals surface area (Å²) in [5.74, 6) is -3.45. The molecule has 0 radical (unpaired) electrons. The van der Waals surface area contributed by atoms with Crippen LogP contribution in [0.15, 0.2) is 53.4 Å². The summed E-state index contributed by atoms with van der Waals surface area (Å²) in [6, 6.07) is 12.2. The summed E-state index contributed by atoms with van der Waals surface area (Å²) >= 11 is 0. The third kappa shape index (κ3) is 4.78. The van der Waals surface area contributed by atoms with Gasteiger partial charge in [-0.1, -0.05) is 38.1 Å². The molecule has 5 nitrogen and oxygen atoms in total. The minimum atomic E-state index is -4.82. The largest absolute Gasteiger partial charge is 0.484 e. The van der Waals surface area contributed by atoms with E-state index in [1.807, 2.05) is 19.9 Å². The highest BCUT2D eigenvalue weighted by Crippen LogP contribution is 2.26. The van der Waals surface area contributed by atoms with E-state index >= 15 is 0 Å². The first kappa shape index (κ1) is 19.8. The van der Waals surface area contributed by atoms with Crippen LogP contribution in [0.3, 0.4) is 0 Å². The molecule has 0 unspecified atom stereocenters. The van der Waals surface area contributed by atoms with Gasteiger partial charge in [-0.3, -0.25) is 4.79 Å². The van der Waals surface area contributed by atoms with Crippen LogP contribution in [0, 0.1) is 0 Å². The lowest BCUT2D eigenvalue weighted by Gasteiger charge is -2.12. The van der Waals surface area contributed by atoms with Gasteiger partial charge in [-0.25, -0.2) is 8.42 Å². The molecular weight excluding hydrogens is 364 g/mol. The Bertz CT molecular complexity index is 882. The number of amides is 1. The van der Waals surface area contributed by atoms with Gasteiger partial charge in [0.15, 0.2) is 6.61 Å². The summed E-state index contributed by atoms with van der Waals surface area (Å²) < 4.78 is 54.3. The Hall–Kier alpha value is -2.48. The van der Waals surface area contributed by atoms with Gasteiger partial charge in [-0.05, 0) is 35.7 Å². The molecule has 0 aromatic heterocycles. The van der Waals surface area contributed by atoms with Gasteiger partial charge in [0.05, 0.1) is 10.6 Å². The maximum absolute atomic E-state index is 12.8. The monoisotopic (exact) mass is 383 g/mol. The lowest BCUT2D eigenvalue weighted by atomic mass is 10.0. The van der Waals surface area contributed by atoms with Crippen LogP contribution in [0.25, 0.3) is 0 Å². The van der Waals surface area contributed by atoms with Crippen LogP contribution in [-0.4, -0.2) is 26.7 Å². The first-order valence-electron chi connectivity index (χ1n) is 7.85. The van der Waals surface area contributed by atoms with Crippen LogP contribution in [-0.2, 0) is 14.6 Å². The van der Waals surface area contributed by atoms with Gasteiger partial charge in [0.25, 0.3) is 5.91 Å². The molecule has 0 fully saturated rings. The van der Waals surface area contributed by atoms with Crippen molar-refractivity contribution in [2.45, 2.75) is 30.4 Å². The van der Waals surface area contributed by atoms with Crippen molar-refractivity contribution in [2.24, 2.45) is 0 Å². The number of rotatable bonds is 7. The summed E-state index contributed by atoms with van der Waals surface area (Å²) in [4.78, 5) is 11.4. The summed E-state index contributed by atoms with van der Waals surface area (Å²) in [5, 5.41) is 2.30. The number of hydrogen-bond donors (Lipinski definition) is 1. The first-order valence-corrected chi connectivity index (χ1v) is 9.40. The van der Waals surface area contributed by atoms with Crippen molar-refractivity contribution in [3.05, 3.63) is 54.1 Å². The number of carbonyl (C=O) groups is 1. The second kappa shape index (κ2) is 8.27. The zero-order valence-electron chi connectivity index (χ0n) is 14.3. The molecule has 140 valence electrons. The molecule has 0 aliphatic carbocycles. The van der Waals surface area contributed by atoms with E-state index in [0.717, 1.165) is 11.6 Å². The average molecular weight is 383 g/mol. The van der Waals surface area contributed by atoms with Crippen molar-refractivity contribution in [3.8, 4) is 5.75 Å². The number of nitrogens with one attached hydrogen (secondary N) is 1. The SMILES string of the molecule is CC(C)c1cccc(OCC(=O)Nc2ccccc2S(=O)(=O)C(F)F)c1. The molecule has 0 saturated heterocycles. The van der Waals surface area contributed by atoms with Crippen LogP contribution >= 0.6 is 0 Å². The number of para-hydroxylation sites is 1. The maximum atomic E-state index is 12.8. The van der Waals surface area contributed by atoms with E-state index in [2.05, 4.69) is 5.32 Å². The van der Waals surface area contributed by atoms with Gasteiger partial charge in [0.1, 0.15) is 5.75 Å². The Labute approximate surface area is 150 Å². The van der Waals surface area contributed by atoms with Crippen molar-refractivity contribution < 1.29 is 26.7 Å². The fourth-order valence-corrected chi connectivity index (χ4v) is 3.10. The van der Waals surface area contributed by atoms with Gasteiger partial charge in [0.2, 0.25) is 9.84 Å². The number of carbonyl (C=O) groups excluding carboxylic acids is 1. The molecule has 0 spiro atoms. The number of ether oxygens (including phenoxy) is 1. The lowest BCUT2D eigenvalue weighted by Crippen LogP contribution is -2.22. The highest BCUT2D eigenvalue weighted by molar-refractivity contribution is 7.91. The van der Waals surface area contributed by atoms with Gasteiger partial charge < -0.3 is 10.1 Å². The average Bonchev–Trinajstić information content (AvgIpc) is 2.60. The zero-order valence-corrected chi connectivity index (χ0v) is 15.1. The van der Waals surface area contributed by atoms with E-state index in [9.17, 15) is 22.0 Å². The Morgan fingerprint density at radius 2 is 1.81 bits per heavy atom. The second-order valence-corrected chi connectivity index (χ2v) is 7.75. The predicted octanol–water partition coefficient (Wildman–Crippen LogP) is 3.82. The lowest BCUT2D eigenvalue weighted by molar-refractivity contribution is -0.118. The molecule has 26 heavy (non-hydrogen) atoms. The number of halogens is 2. The molecule has 1 N–H and O–H groups in total. The van der Waals surface area contributed by atoms with Crippen molar-refractivity contribution in [2.75, 3.05) is 11.9 Å². The Kier molecular flexibility index (Phi) is 6.31. The first-order chi connectivity index (χ1) is 12.2. The molecule has 0 aliphatic heterocycles. The number of benzene rings is 2. The molecule has 0 heterocycles. The molecule has 2 rings (SSSR count). The Balaban J connectivity index is 2.09. The molecule has 1 amide bonds. The van der Waals surface area contributed by atoms with Gasteiger partial charge in [0, 0.05) is 0 Å². The number of sulfone groups is 1. The van der Waals surface area contributed by atoms with Gasteiger partial charge in [-0.15, -0.1) is 0 Å². The van der Waals surface area contributed by atoms with Gasteiger partial charge >= 0.3 is 5.76 Å². The predicted molar refractivity (Wildman–Crippen MR) is 94.3 cm³/mol. The smallest absolute Gasteiger partial charge is 0.341 e. The second-order valence-electron chi connectivity index (χ2n) is 5.87. The third-order valence-electron chi connectivity index (χ3n) is 3.60. The van der Waals surface area contributed by atoms with Crippen LogP contribution in [0.1, 0.15) is 25.3 Å². The zero-order chi connectivity index (χ0) is 19.3. The molecule has 8 heteroatoms. The van der Waals surface area contributed by atoms with Gasteiger partial charge in [-0.2, -0.15) is 8.78 Å². The Morgan fingerprint density at radius 3 is 2.46 bits per heavy atom. The highest BCUT2D eigenvalue weighted by atomic mass is 32.2. The fourth-order valence-electron chi connectivity index (χ4n) is 2.21. The van der Waals surface area contributed by atoms with E-state index in [-0.39, 0.29) is 12.3 Å². The molecule has 0 saturated carbocycles. The molecule has 0 atom stereocenters. The van der Waals surface area contributed by atoms with E-state index in [1.165, 1.54) is 18.2 Å². The molecule has 2 aromatic carbocycles.